The van der Waals surface area contributed by atoms with Gasteiger partial charge in [0.05, 0.1) is 56.7 Å². The van der Waals surface area contributed by atoms with Crippen molar-refractivity contribution in [3.63, 3.8) is 0 Å². The lowest BCUT2D eigenvalue weighted by molar-refractivity contribution is -0.144. The van der Waals surface area contributed by atoms with Gasteiger partial charge < -0.3 is 24.4 Å². The third-order valence-corrected chi connectivity index (χ3v) is 17.1. The molecule has 0 atom stereocenters. The number of carbonyl (C=O) groups excluding carboxylic acids is 2. The third kappa shape index (κ3) is 13.4. The minimum atomic E-state index is -0.119. The molecule has 5 fully saturated rings. The van der Waals surface area contributed by atoms with E-state index in [0.717, 1.165) is 116 Å². The van der Waals surface area contributed by atoms with Crippen molar-refractivity contribution in [2.45, 2.75) is 154 Å². The molecule has 0 radical (unpaired) electrons. The standard InChI is InChI=1S/C37H48N4O4.C26H32N4O/c1-4-45-36(42)20-26-8-14-29(15-9-26)37(43)40(33-7-5-6-30(21-33)31-22-38-41(24-31)32-16-17-32)23-27-10-12-28(13-11-27)34-18-19-35(44-3)25(2)39-34;1-18-26(31-2)13-12-25(29-18)20-8-6-19(7-9-20)15-27-23-5-3-4-21(14-23)22-16-28-30(17-22)24-10-11-24/h5-7,18-19,21-22,24,26-29,32H,4,8-17,20,23H2,1-3H3;3-5,12-14,16-17,19-20,24,27H,6-11,15H2,1-2H3. The minimum absolute atomic E-state index is 0.0208. The van der Waals surface area contributed by atoms with E-state index in [1.165, 1.54) is 73.9 Å². The zero-order chi connectivity index (χ0) is 52.5. The van der Waals surface area contributed by atoms with E-state index in [1.807, 2.05) is 39.2 Å². The Morgan fingerprint density at radius 2 is 1.13 bits per heavy atom. The number of pyridine rings is 2. The Morgan fingerprint density at radius 1 is 0.605 bits per heavy atom. The van der Waals surface area contributed by atoms with Crippen LogP contribution in [0.3, 0.4) is 0 Å². The molecule has 6 aromatic rings. The number of rotatable bonds is 18. The van der Waals surface area contributed by atoms with Crippen LogP contribution in [0, 0.1) is 37.5 Å². The first-order valence-corrected chi connectivity index (χ1v) is 28.6. The third-order valence-electron chi connectivity index (χ3n) is 17.1. The molecule has 1 N–H and O–H groups in total. The van der Waals surface area contributed by atoms with Gasteiger partial charge in [0.1, 0.15) is 11.5 Å². The maximum Gasteiger partial charge on any atom is 0.306 e. The second-order valence-corrected chi connectivity index (χ2v) is 22.6. The molecule has 11 rings (SSSR count). The lowest BCUT2D eigenvalue weighted by Crippen LogP contribution is -2.41. The molecule has 0 saturated heterocycles. The van der Waals surface area contributed by atoms with Crippen molar-refractivity contribution in [3.8, 4) is 33.8 Å². The first-order valence-electron chi connectivity index (χ1n) is 28.6. The highest BCUT2D eigenvalue weighted by Gasteiger charge is 2.34. The summed E-state index contributed by atoms with van der Waals surface area (Å²) in [7, 11) is 3.40. The minimum Gasteiger partial charge on any atom is -0.495 e. The predicted molar refractivity (Wildman–Crippen MR) is 300 cm³/mol. The second-order valence-electron chi connectivity index (χ2n) is 22.6. The van der Waals surface area contributed by atoms with Crippen LogP contribution >= 0.6 is 0 Å². The van der Waals surface area contributed by atoms with Gasteiger partial charge in [0.15, 0.2) is 0 Å². The van der Waals surface area contributed by atoms with Crippen LogP contribution in [0.4, 0.5) is 11.4 Å². The molecule has 5 aliphatic carbocycles. The number of carbonyl (C=O) groups is 2. The van der Waals surface area contributed by atoms with Crippen LogP contribution in [-0.4, -0.2) is 75.3 Å². The zero-order valence-electron chi connectivity index (χ0n) is 45.7. The van der Waals surface area contributed by atoms with Gasteiger partial charge in [-0.05, 0) is 201 Å². The molecule has 1 amide bonds. The molecule has 0 unspecified atom stereocenters. The molecule has 76 heavy (non-hydrogen) atoms. The van der Waals surface area contributed by atoms with Crippen molar-refractivity contribution < 1.29 is 23.8 Å². The summed E-state index contributed by atoms with van der Waals surface area (Å²) in [6.07, 6.45) is 26.3. The molecular formula is C63H80N8O5. The molecule has 13 heteroatoms. The van der Waals surface area contributed by atoms with Crippen LogP contribution in [0.25, 0.3) is 22.3 Å². The number of benzene rings is 2. The molecule has 2 aromatic carbocycles. The zero-order valence-corrected chi connectivity index (χ0v) is 45.7. The van der Waals surface area contributed by atoms with Gasteiger partial charge >= 0.3 is 5.97 Å². The number of methoxy groups -OCH3 is 2. The summed E-state index contributed by atoms with van der Waals surface area (Å²) in [5.41, 5.74) is 11.1. The van der Waals surface area contributed by atoms with Gasteiger partial charge in [-0.2, -0.15) is 10.2 Å². The van der Waals surface area contributed by atoms with E-state index in [1.54, 1.807) is 14.2 Å². The maximum absolute atomic E-state index is 14.3. The number of ether oxygens (including phenoxy) is 3. The van der Waals surface area contributed by atoms with Crippen LogP contribution in [0.1, 0.15) is 163 Å². The number of hydrogen-bond donors (Lipinski definition) is 1. The summed E-state index contributed by atoms with van der Waals surface area (Å²) < 4.78 is 20.2. The Hall–Kier alpha value is -6.50. The SMILES string of the molecule is CCOC(=O)CC1CCC(C(=O)N(CC2CCC(c3ccc(OC)c(C)n3)CC2)c2cccc(-c3cnn(C4CC4)c3)c2)CC1.COc1ccc(C2CCC(CNc3cccc(-c4cnn(C5CC5)c4)c3)CC2)nc1C. The first kappa shape index (κ1) is 52.9. The summed E-state index contributed by atoms with van der Waals surface area (Å²) in [4.78, 5) is 38.1. The van der Waals surface area contributed by atoms with Crippen molar-refractivity contribution >= 4 is 23.3 Å². The van der Waals surface area contributed by atoms with Crippen LogP contribution in [0.2, 0.25) is 0 Å². The summed E-state index contributed by atoms with van der Waals surface area (Å²) in [5, 5.41) is 12.8. The van der Waals surface area contributed by atoms with E-state index >= 15 is 0 Å². The van der Waals surface area contributed by atoms with Crippen LogP contribution in [0.5, 0.6) is 11.5 Å². The van der Waals surface area contributed by atoms with E-state index in [4.69, 9.17) is 24.2 Å². The molecule has 402 valence electrons. The lowest BCUT2D eigenvalue weighted by Gasteiger charge is -2.36. The topological polar surface area (TPSA) is 139 Å². The molecule has 0 aliphatic heterocycles. The van der Waals surface area contributed by atoms with Gasteiger partial charge in [0, 0.05) is 83.5 Å². The fourth-order valence-electron chi connectivity index (χ4n) is 12.2. The highest BCUT2D eigenvalue weighted by molar-refractivity contribution is 5.95. The largest absolute Gasteiger partial charge is 0.495 e. The number of nitrogens with one attached hydrogen (secondary N) is 1. The Bertz CT molecular complexity index is 2880. The highest BCUT2D eigenvalue weighted by atomic mass is 16.5. The highest BCUT2D eigenvalue weighted by Crippen LogP contribution is 2.41. The monoisotopic (exact) mass is 1030 g/mol. The van der Waals surface area contributed by atoms with Crippen molar-refractivity contribution in [2.75, 3.05) is 44.1 Å². The van der Waals surface area contributed by atoms with Gasteiger partial charge in [-0.25, -0.2) is 0 Å². The summed E-state index contributed by atoms with van der Waals surface area (Å²) >= 11 is 0. The molecular weight excluding hydrogens is 949 g/mol. The second kappa shape index (κ2) is 24.7. The number of anilines is 2. The molecule has 13 nitrogen and oxygen atoms in total. The van der Waals surface area contributed by atoms with Gasteiger partial charge in [0.2, 0.25) is 5.91 Å². The summed E-state index contributed by atoms with van der Waals surface area (Å²) in [6, 6.07) is 26.7. The van der Waals surface area contributed by atoms with Crippen LogP contribution < -0.4 is 19.7 Å². The average Bonchev–Trinajstić information content (AvgIpc) is 4.39. The smallest absolute Gasteiger partial charge is 0.306 e. The number of nitrogens with zero attached hydrogens (tertiary/aromatic N) is 7. The fourth-order valence-corrected chi connectivity index (χ4v) is 12.2. The Balaban J connectivity index is 0.000000185. The number of aryl methyl sites for hydroxylation is 2. The maximum atomic E-state index is 14.3. The van der Waals surface area contributed by atoms with Crippen LogP contribution in [0.15, 0.2) is 97.6 Å². The van der Waals surface area contributed by atoms with Gasteiger partial charge in [-0.3, -0.25) is 28.9 Å². The quantitative estimate of drug-likeness (QED) is 0.0828. The Labute approximate surface area is 450 Å². The van der Waals surface area contributed by atoms with Gasteiger partial charge in [-0.1, -0.05) is 24.3 Å². The first-order chi connectivity index (χ1) is 37.1. The number of esters is 1. The summed E-state index contributed by atoms with van der Waals surface area (Å²) in [6.45, 7) is 8.07. The van der Waals surface area contributed by atoms with Crippen molar-refractivity contribution in [3.05, 3.63) is 120 Å². The van der Waals surface area contributed by atoms with E-state index in [2.05, 4.69) is 109 Å². The van der Waals surface area contributed by atoms with Gasteiger partial charge in [-0.15, -0.1) is 0 Å². The number of aromatic nitrogens is 6. The molecule has 0 bridgehead atoms. The summed E-state index contributed by atoms with van der Waals surface area (Å²) in [5.74, 6) is 4.27. The van der Waals surface area contributed by atoms with E-state index in [9.17, 15) is 9.59 Å². The van der Waals surface area contributed by atoms with E-state index in [-0.39, 0.29) is 17.8 Å². The number of hydrogen-bond acceptors (Lipinski definition) is 10. The number of amides is 1. The Kier molecular flexibility index (Phi) is 17.2. The molecule has 5 aliphatic rings. The fraction of sp³-hybridized carbons (Fsp3) is 0.524. The predicted octanol–water partition coefficient (Wildman–Crippen LogP) is 13.6. The van der Waals surface area contributed by atoms with E-state index in [0.29, 0.717) is 48.8 Å². The molecule has 4 aromatic heterocycles. The molecule has 5 saturated carbocycles. The molecule has 0 spiro atoms. The average molecular weight is 1030 g/mol. The van der Waals surface area contributed by atoms with Crippen molar-refractivity contribution in [2.24, 2.45) is 23.7 Å². The van der Waals surface area contributed by atoms with E-state index < -0.39 is 0 Å². The molecule has 4 heterocycles. The van der Waals surface area contributed by atoms with Crippen molar-refractivity contribution in [1.29, 1.82) is 0 Å². The van der Waals surface area contributed by atoms with Crippen molar-refractivity contribution in [1.82, 2.24) is 29.5 Å². The van der Waals surface area contributed by atoms with Crippen LogP contribution in [-0.2, 0) is 14.3 Å². The normalized spacial score (nSPS) is 22.4. The Morgan fingerprint density at radius 3 is 1.66 bits per heavy atom. The lowest BCUT2D eigenvalue weighted by atomic mass is 9.78. The van der Waals surface area contributed by atoms with Gasteiger partial charge in [0.25, 0.3) is 0 Å².